The van der Waals surface area contributed by atoms with Crippen LogP contribution >= 0.6 is 0 Å². The zero-order valence-electron chi connectivity index (χ0n) is 12.9. The van der Waals surface area contributed by atoms with Crippen LogP contribution in [0.2, 0.25) is 0 Å². The van der Waals surface area contributed by atoms with Gasteiger partial charge in [0.25, 0.3) is 0 Å². The number of likely N-dealkylation sites (tertiary alicyclic amines) is 1. The topological polar surface area (TPSA) is 64.5 Å². The molecule has 116 valence electrons. The molecule has 2 rings (SSSR count). The molecule has 1 aliphatic heterocycles. The second-order valence-electron chi connectivity index (χ2n) is 6.18. The van der Waals surface area contributed by atoms with Gasteiger partial charge in [-0.15, -0.1) is 0 Å². The van der Waals surface area contributed by atoms with Gasteiger partial charge in [0.1, 0.15) is 5.60 Å². The highest BCUT2D eigenvalue weighted by atomic mass is 16.6. The molecule has 0 N–H and O–H groups in total. The lowest BCUT2D eigenvalue weighted by Gasteiger charge is -2.28. The Morgan fingerprint density at radius 3 is 2.90 bits per heavy atom. The third kappa shape index (κ3) is 4.97. The summed E-state index contributed by atoms with van der Waals surface area (Å²) in [7, 11) is 0. The summed E-state index contributed by atoms with van der Waals surface area (Å²) in [5, 5.41) is 0. The first kappa shape index (κ1) is 15.7. The standard InChI is InChI=1S/C15H23N3O3/c1-15(2,3)21-14(19)18-8-4-5-13(18)11-20-10-12-9-16-6-7-17-12/h6-7,9,13H,4-5,8,10-11H2,1-3H3. The minimum atomic E-state index is -0.468. The van der Waals surface area contributed by atoms with Gasteiger partial charge in [0.15, 0.2) is 0 Å². The molecule has 0 radical (unpaired) electrons. The van der Waals surface area contributed by atoms with Gasteiger partial charge in [0.2, 0.25) is 0 Å². The molecule has 1 fully saturated rings. The van der Waals surface area contributed by atoms with Crippen molar-refractivity contribution in [1.29, 1.82) is 0 Å². The van der Waals surface area contributed by atoms with Crippen LogP contribution in [0.25, 0.3) is 0 Å². The summed E-state index contributed by atoms with van der Waals surface area (Å²) in [6, 6.07) is 0.0801. The second kappa shape index (κ2) is 6.85. The minimum absolute atomic E-state index is 0.0801. The second-order valence-corrected chi connectivity index (χ2v) is 6.18. The van der Waals surface area contributed by atoms with Crippen LogP contribution in [0, 0.1) is 0 Å². The molecule has 1 atom stereocenters. The highest BCUT2D eigenvalue weighted by Gasteiger charge is 2.32. The van der Waals surface area contributed by atoms with E-state index in [2.05, 4.69) is 9.97 Å². The number of hydrogen-bond donors (Lipinski definition) is 0. The lowest BCUT2D eigenvalue weighted by atomic mass is 10.2. The van der Waals surface area contributed by atoms with Crippen LogP contribution in [0.4, 0.5) is 4.79 Å². The lowest BCUT2D eigenvalue weighted by molar-refractivity contribution is 0.00854. The Labute approximate surface area is 125 Å². The summed E-state index contributed by atoms with van der Waals surface area (Å²) < 4.78 is 11.1. The van der Waals surface area contributed by atoms with Gasteiger partial charge in [-0.1, -0.05) is 0 Å². The Kier molecular flexibility index (Phi) is 5.12. The number of amides is 1. The van der Waals surface area contributed by atoms with Gasteiger partial charge in [-0.2, -0.15) is 0 Å². The van der Waals surface area contributed by atoms with Crippen molar-refractivity contribution in [2.24, 2.45) is 0 Å². The van der Waals surface area contributed by atoms with Gasteiger partial charge in [-0.05, 0) is 33.6 Å². The van der Waals surface area contributed by atoms with Crippen LogP contribution in [-0.2, 0) is 16.1 Å². The van der Waals surface area contributed by atoms with Crippen LogP contribution in [-0.4, -0.2) is 45.8 Å². The van der Waals surface area contributed by atoms with E-state index in [0.717, 1.165) is 25.1 Å². The van der Waals surface area contributed by atoms with E-state index in [1.165, 1.54) is 0 Å². The molecular weight excluding hydrogens is 270 g/mol. The Balaban J connectivity index is 1.80. The molecule has 2 heterocycles. The van der Waals surface area contributed by atoms with E-state index < -0.39 is 5.60 Å². The van der Waals surface area contributed by atoms with Crippen LogP contribution in [0.1, 0.15) is 39.3 Å². The number of hydrogen-bond acceptors (Lipinski definition) is 5. The molecule has 0 spiro atoms. The van der Waals surface area contributed by atoms with E-state index in [1.54, 1.807) is 23.5 Å². The molecule has 1 aromatic rings. The molecule has 6 nitrogen and oxygen atoms in total. The smallest absolute Gasteiger partial charge is 0.410 e. The molecule has 1 saturated heterocycles. The fourth-order valence-electron chi connectivity index (χ4n) is 2.27. The zero-order chi connectivity index (χ0) is 15.3. The highest BCUT2D eigenvalue weighted by Crippen LogP contribution is 2.21. The summed E-state index contributed by atoms with van der Waals surface area (Å²) >= 11 is 0. The molecule has 0 bridgehead atoms. The van der Waals surface area contributed by atoms with Gasteiger partial charge >= 0.3 is 6.09 Å². The van der Waals surface area contributed by atoms with Crippen LogP contribution in [0.3, 0.4) is 0 Å². The van der Waals surface area contributed by atoms with Crippen molar-refractivity contribution in [2.45, 2.75) is 51.9 Å². The Morgan fingerprint density at radius 2 is 2.24 bits per heavy atom. The number of aromatic nitrogens is 2. The molecule has 1 aromatic heterocycles. The van der Waals surface area contributed by atoms with Gasteiger partial charge in [0.05, 0.1) is 31.1 Å². The van der Waals surface area contributed by atoms with E-state index >= 15 is 0 Å². The van der Waals surface area contributed by atoms with Crippen molar-refractivity contribution in [3.63, 3.8) is 0 Å². The maximum atomic E-state index is 12.1. The van der Waals surface area contributed by atoms with E-state index in [1.807, 2.05) is 20.8 Å². The van der Waals surface area contributed by atoms with Crippen LogP contribution in [0.15, 0.2) is 18.6 Å². The predicted octanol–water partition coefficient (Wildman–Crippen LogP) is 2.39. The van der Waals surface area contributed by atoms with Crippen molar-refractivity contribution in [1.82, 2.24) is 14.9 Å². The minimum Gasteiger partial charge on any atom is -0.444 e. The lowest BCUT2D eigenvalue weighted by Crippen LogP contribution is -2.41. The normalized spacial score (nSPS) is 18.8. The van der Waals surface area contributed by atoms with E-state index in [0.29, 0.717) is 13.2 Å². The average Bonchev–Trinajstić information content (AvgIpc) is 2.86. The molecule has 21 heavy (non-hydrogen) atoms. The van der Waals surface area contributed by atoms with Crippen molar-refractivity contribution < 1.29 is 14.3 Å². The summed E-state index contributed by atoms with van der Waals surface area (Å²) in [6.45, 7) is 7.26. The van der Waals surface area contributed by atoms with E-state index in [4.69, 9.17) is 9.47 Å². The number of nitrogens with zero attached hydrogens (tertiary/aromatic N) is 3. The summed E-state index contributed by atoms with van der Waals surface area (Å²) in [6.07, 6.45) is 6.62. The highest BCUT2D eigenvalue weighted by molar-refractivity contribution is 5.68. The Bertz CT molecular complexity index is 459. The maximum absolute atomic E-state index is 12.1. The number of rotatable bonds is 4. The quantitative estimate of drug-likeness (QED) is 0.853. The fourth-order valence-corrected chi connectivity index (χ4v) is 2.27. The SMILES string of the molecule is CC(C)(C)OC(=O)N1CCCC1COCc1cnccn1. The van der Waals surface area contributed by atoms with Crippen molar-refractivity contribution in [3.8, 4) is 0 Å². The van der Waals surface area contributed by atoms with Gasteiger partial charge in [0, 0.05) is 18.9 Å². The van der Waals surface area contributed by atoms with E-state index in [-0.39, 0.29) is 12.1 Å². The predicted molar refractivity (Wildman–Crippen MR) is 77.7 cm³/mol. The summed E-state index contributed by atoms with van der Waals surface area (Å²) in [5.74, 6) is 0. The molecule has 1 aliphatic rings. The molecule has 0 aliphatic carbocycles. The largest absolute Gasteiger partial charge is 0.444 e. The Hall–Kier alpha value is -1.69. The average molecular weight is 293 g/mol. The number of carbonyl (C=O) groups is 1. The van der Waals surface area contributed by atoms with Crippen LogP contribution in [0.5, 0.6) is 0 Å². The maximum Gasteiger partial charge on any atom is 0.410 e. The van der Waals surface area contributed by atoms with Crippen molar-refractivity contribution in [3.05, 3.63) is 24.3 Å². The van der Waals surface area contributed by atoms with Gasteiger partial charge < -0.3 is 14.4 Å². The third-order valence-corrected chi connectivity index (χ3v) is 3.18. The molecule has 1 amide bonds. The first-order valence-corrected chi connectivity index (χ1v) is 7.28. The fraction of sp³-hybridized carbons (Fsp3) is 0.667. The van der Waals surface area contributed by atoms with Crippen molar-refractivity contribution in [2.75, 3.05) is 13.2 Å². The first-order chi connectivity index (χ1) is 9.96. The molecule has 6 heteroatoms. The molecule has 0 aromatic carbocycles. The molecule has 1 unspecified atom stereocenters. The summed E-state index contributed by atoms with van der Waals surface area (Å²) in [4.78, 5) is 22.0. The van der Waals surface area contributed by atoms with Crippen molar-refractivity contribution >= 4 is 6.09 Å². The van der Waals surface area contributed by atoms with E-state index in [9.17, 15) is 4.79 Å². The molecular formula is C15H23N3O3. The monoisotopic (exact) mass is 293 g/mol. The van der Waals surface area contributed by atoms with Crippen LogP contribution < -0.4 is 0 Å². The van der Waals surface area contributed by atoms with Gasteiger partial charge in [-0.3, -0.25) is 9.97 Å². The third-order valence-electron chi connectivity index (χ3n) is 3.18. The Morgan fingerprint density at radius 1 is 1.43 bits per heavy atom. The first-order valence-electron chi connectivity index (χ1n) is 7.28. The summed E-state index contributed by atoms with van der Waals surface area (Å²) in [5.41, 5.74) is 0.323. The van der Waals surface area contributed by atoms with Gasteiger partial charge in [-0.25, -0.2) is 4.79 Å². The molecule has 0 saturated carbocycles. The zero-order valence-corrected chi connectivity index (χ0v) is 12.9. The number of carbonyl (C=O) groups excluding carboxylic acids is 1. The number of ether oxygens (including phenoxy) is 2.